The minimum absolute atomic E-state index is 0.385. The Hall–Kier alpha value is -0.120. The van der Waals surface area contributed by atoms with Gasteiger partial charge in [-0.15, -0.1) is 0 Å². The number of hydrogen-bond acceptors (Lipinski definition) is 3. The van der Waals surface area contributed by atoms with E-state index in [0.717, 1.165) is 32.8 Å². The molecular formula is C10H22N2O. The molecule has 3 nitrogen and oxygen atoms in total. The average Bonchev–Trinajstić information content (AvgIpc) is 2.19. The maximum Gasteiger partial charge on any atom is 0.0824 e. The van der Waals surface area contributed by atoms with E-state index in [4.69, 9.17) is 4.74 Å². The Kier molecular flexibility index (Phi) is 6.15. The second kappa shape index (κ2) is 7.30. The number of unbranched alkanes of at least 4 members (excludes halogenated alkanes) is 2. The molecule has 0 aromatic carbocycles. The Morgan fingerprint density at radius 2 is 2.38 bits per heavy atom. The van der Waals surface area contributed by atoms with Crippen LogP contribution in [0.2, 0.25) is 0 Å². The van der Waals surface area contributed by atoms with Crippen LogP contribution in [0.1, 0.15) is 26.2 Å². The minimum Gasteiger partial charge on any atom is -0.374 e. The van der Waals surface area contributed by atoms with Crippen LogP contribution in [0.5, 0.6) is 0 Å². The first-order valence-corrected chi connectivity index (χ1v) is 5.46. The van der Waals surface area contributed by atoms with E-state index >= 15 is 0 Å². The fourth-order valence-electron chi connectivity index (χ4n) is 1.51. The van der Waals surface area contributed by atoms with Crippen molar-refractivity contribution in [1.82, 2.24) is 10.6 Å². The zero-order chi connectivity index (χ0) is 9.36. The second-order valence-corrected chi connectivity index (χ2v) is 3.61. The van der Waals surface area contributed by atoms with Gasteiger partial charge in [0.25, 0.3) is 0 Å². The van der Waals surface area contributed by atoms with Gasteiger partial charge in [0.05, 0.1) is 12.7 Å². The zero-order valence-corrected chi connectivity index (χ0v) is 8.64. The van der Waals surface area contributed by atoms with E-state index in [1.54, 1.807) is 0 Å². The molecule has 1 unspecified atom stereocenters. The van der Waals surface area contributed by atoms with Crippen molar-refractivity contribution in [1.29, 1.82) is 0 Å². The highest BCUT2D eigenvalue weighted by Gasteiger charge is 2.11. The van der Waals surface area contributed by atoms with E-state index in [1.807, 2.05) is 0 Å². The number of ether oxygens (including phenoxy) is 1. The van der Waals surface area contributed by atoms with Crippen molar-refractivity contribution in [2.75, 3.05) is 32.8 Å². The smallest absolute Gasteiger partial charge is 0.0824 e. The predicted molar refractivity (Wildman–Crippen MR) is 55.0 cm³/mol. The third-order valence-corrected chi connectivity index (χ3v) is 2.33. The van der Waals surface area contributed by atoms with Gasteiger partial charge in [-0.2, -0.15) is 0 Å². The highest BCUT2D eigenvalue weighted by molar-refractivity contribution is 4.69. The summed E-state index contributed by atoms with van der Waals surface area (Å²) in [5.41, 5.74) is 0. The monoisotopic (exact) mass is 186 g/mol. The fourth-order valence-corrected chi connectivity index (χ4v) is 1.51. The molecule has 1 rings (SSSR count). The zero-order valence-electron chi connectivity index (χ0n) is 8.64. The molecule has 2 N–H and O–H groups in total. The van der Waals surface area contributed by atoms with E-state index in [9.17, 15) is 0 Å². The molecule has 0 aromatic heterocycles. The standard InChI is InChI=1S/C10H22N2O/c1-2-3-4-5-11-8-10-9-12-6-7-13-10/h10-12H,2-9H2,1H3. The molecule has 0 radical (unpaired) electrons. The van der Waals surface area contributed by atoms with Crippen LogP contribution in [-0.4, -0.2) is 38.9 Å². The molecule has 1 heterocycles. The van der Waals surface area contributed by atoms with Crippen LogP contribution in [0.15, 0.2) is 0 Å². The van der Waals surface area contributed by atoms with E-state index < -0.39 is 0 Å². The lowest BCUT2D eigenvalue weighted by molar-refractivity contribution is 0.0293. The molecule has 13 heavy (non-hydrogen) atoms. The summed E-state index contributed by atoms with van der Waals surface area (Å²) in [5, 5.41) is 6.75. The fraction of sp³-hybridized carbons (Fsp3) is 1.00. The van der Waals surface area contributed by atoms with Gasteiger partial charge in [-0.1, -0.05) is 19.8 Å². The first kappa shape index (κ1) is 11.0. The van der Waals surface area contributed by atoms with Gasteiger partial charge in [0.2, 0.25) is 0 Å². The van der Waals surface area contributed by atoms with Crippen molar-refractivity contribution in [3.8, 4) is 0 Å². The minimum atomic E-state index is 0.385. The van der Waals surface area contributed by atoms with Crippen LogP contribution in [0.4, 0.5) is 0 Å². The van der Waals surface area contributed by atoms with Crippen molar-refractivity contribution in [3.05, 3.63) is 0 Å². The molecule has 0 aliphatic carbocycles. The van der Waals surface area contributed by atoms with Crippen LogP contribution in [-0.2, 0) is 4.74 Å². The Morgan fingerprint density at radius 1 is 1.46 bits per heavy atom. The third kappa shape index (κ3) is 5.24. The summed E-state index contributed by atoms with van der Waals surface area (Å²) in [6.45, 7) is 7.23. The molecule has 0 saturated carbocycles. The summed E-state index contributed by atoms with van der Waals surface area (Å²) in [5.74, 6) is 0. The van der Waals surface area contributed by atoms with E-state index in [1.165, 1.54) is 19.3 Å². The Bertz CT molecular complexity index is 113. The molecule has 1 fully saturated rings. The molecule has 1 atom stereocenters. The number of morpholine rings is 1. The lowest BCUT2D eigenvalue weighted by Crippen LogP contribution is -2.44. The lowest BCUT2D eigenvalue weighted by atomic mass is 10.2. The molecular weight excluding hydrogens is 164 g/mol. The van der Waals surface area contributed by atoms with Gasteiger partial charge >= 0.3 is 0 Å². The van der Waals surface area contributed by atoms with Crippen LogP contribution >= 0.6 is 0 Å². The summed E-state index contributed by atoms with van der Waals surface area (Å²) >= 11 is 0. The number of rotatable bonds is 6. The molecule has 0 spiro atoms. The molecule has 1 aliphatic heterocycles. The quantitative estimate of drug-likeness (QED) is 0.601. The van der Waals surface area contributed by atoms with Crippen LogP contribution in [0.3, 0.4) is 0 Å². The van der Waals surface area contributed by atoms with Gasteiger partial charge in [-0.25, -0.2) is 0 Å². The largest absolute Gasteiger partial charge is 0.374 e. The molecule has 0 aromatic rings. The molecule has 1 saturated heterocycles. The predicted octanol–water partition coefficient (Wildman–Crippen LogP) is 0.755. The van der Waals surface area contributed by atoms with Crippen LogP contribution in [0, 0.1) is 0 Å². The Labute approximate surface area is 81.2 Å². The Morgan fingerprint density at radius 3 is 3.08 bits per heavy atom. The van der Waals surface area contributed by atoms with Gasteiger partial charge in [0.15, 0.2) is 0 Å². The number of hydrogen-bond donors (Lipinski definition) is 2. The molecule has 0 bridgehead atoms. The van der Waals surface area contributed by atoms with Crippen molar-refractivity contribution in [3.63, 3.8) is 0 Å². The molecule has 0 amide bonds. The summed E-state index contributed by atoms with van der Waals surface area (Å²) in [6, 6.07) is 0. The van der Waals surface area contributed by atoms with Gasteiger partial charge in [0.1, 0.15) is 0 Å². The van der Waals surface area contributed by atoms with Crippen molar-refractivity contribution >= 4 is 0 Å². The summed E-state index contributed by atoms with van der Waals surface area (Å²) < 4.78 is 5.56. The highest BCUT2D eigenvalue weighted by atomic mass is 16.5. The second-order valence-electron chi connectivity index (χ2n) is 3.61. The summed E-state index contributed by atoms with van der Waals surface area (Å²) in [4.78, 5) is 0. The molecule has 1 aliphatic rings. The van der Waals surface area contributed by atoms with Gasteiger partial charge < -0.3 is 15.4 Å². The van der Waals surface area contributed by atoms with Crippen molar-refractivity contribution in [2.24, 2.45) is 0 Å². The van der Waals surface area contributed by atoms with Crippen molar-refractivity contribution in [2.45, 2.75) is 32.3 Å². The third-order valence-electron chi connectivity index (χ3n) is 2.33. The van der Waals surface area contributed by atoms with E-state index in [-0.39, 0.29) is 0 Å². The molecule has 78 valence electrons. The van der Waals surface area contributed by atoms with E-state index in [2.05, 4.69) is 17.6 Å². The number of nitrogens with one attached hydrogen (secondary N) is 2. The normalized spacial score (nSPS) is 23.3. The summed E-state index contributed by atoms with van der Waals surface area (Å²) in [7, 11) is 0. The van der Waals surface area contributed by atoms with E-state index in [0.29, 0.717) is 6.10 Å². The maximum absolute atomic E-state index is 5.56. The van der Waals surface area contributed by atoms with Crippen LogP contribution < -0.4 is 10.6 Å². The first-order valence-electron chi connectivity index (χ1n) is 5.46. The molecule has 3 heteroatoms. The lowest BCUT2D eigenvalue weighted by Gasteiger charge is -2.23. The Balaban J connectivity index is 1.86. The van der Waals surface area contributed by atoms with Crippen molar-refractivity contribution < 1.29 is 4.74 Å². The van der Waals surface area contributed by atoms with Crippen LogP contribution in [0.25, 0.3) is 0 Å². The topological polar surface area (TPSA) is 33.3 Å². The maximum atomic E-state index is 5.56. The first-order chi connectivity index (χ1) is 6.43. The highest BCUT2D eigenvalue weighted by Crippen LogP contribution is 1.95. The van der Waals surface area contributed by atoms with Gasteiger partial charge in [-0.3, -0.25) is 0 Å². The van der Waals surface area contributed by atoms with Gasteiger partial charge in [-0.05, 0) is 13.0 Å². The van der Waals surface area contributed by atoms with Gasteiger partial charge in [0, 0.05) is 19.6 Å². The average molecular weight is 186 g/mol. The summed E-state index contributed by atoms with van der Waals surface area (Å²) in [6.07, 6.45) is 4.30. The SMILES string of the molecule is CCCCCNCC1CNCCO1.